The Kier molecular flexibility index (Phi) is 6.02. The molecule has 0 radical (unpaired) electrons. The fourth-order valence-electron chi connectivity index (χ4n) is 2.57. The van der Waals surface area contributed by atoms with Crippen molar-refractivity contribution < 1.29 is 4.79 Å². The van der Waals surface area contributed by atoms with E-state index >= 15 is 0 Å². The van der Waals surface area contributed by atoms with Crippen LogP contribution in [-0.2, 0) is 4.79 Å². The summed E-state index contributed by atoms with van der Waals surface area (Å²) in [5, 5.41) is 6.54. The van der Waals surface area contributed by atoms with Gasteiger partial charge in [-0.15, -0.1) is 0 Å². The van der Waals surface area contributed by atoms with Crippen LogP contribution in [0.5, 0.6) is 0 Å². The molecule has 1 amide bonds. The molecule has 4 N–H and O–H groups in total. The third-order valence-electron chi connectivity index (χ3n) is 3.89. The molecule has 1 fully saturated rings. The van der Waals surface area contributed by atoms with E-state index in [0.29, 0.717) is 19.0 Å². The summed E-state index contributed by atoms with van der Waals surface area (Å²) in [5.74, 6) is 0.0260. The minimum Gasteiger partial charge on any atom is -0.381 e. The minimum absolute atomic E-state index is 0.0260. The van der Waals surface area contributed by atoms with Gasteiger partial charge in [0.2, 0.25) is 5.91 Å². The molecule has 1 aliphatic rings. The molecule has 21 heavy (non-hydrogen) atoms. The Morgan fingerprint density at radius 3 is 2.62 bits per heavy atom. The summed E-state index contributed by atoms with van der Waals surface area (Å²) in [7, 11) is 2.15. The predicted molar refractivity (Wildman–Crippen MR) is 87.5 cm³/mol. The zero-order chi connectivity index (χ0) is 15.1. The molecule has 0 aromatic heterocycles. The van der Waals surface area contributed by atoms with Gasteiger partial charge >= 0.3 is 0 Å². The van der Waals surface area contributed by atoms with Crippen molar-refractivity contribution in [1.29, 1.82) is 0 Å². The summed E-state index contributed by atoms with van der Waals surface area (Å²) in [6.07, 6.45) is 3.45. The Morgan fingerprint density at radius 2 is 1.95 bits per heavy atom. The summed E-state index contributed by atoms with van der Waals surface area (Å²) in [6.45, 7) is 2.77. The Balaban J connectivity index is 1.94. The number of nitrogens with two attached hydrogens (primary N) is 1. The molecule has 0 unspecified atom stereocenters. The molecule has 0 atom stereocenters. The van der Waals surface area contributed by atoms with Gasteiger partial charge in [0.25, 0.3) is 0 Å². The molecule has 116 valence electrons. The first kappa shape index (κ1) is 15.8. The molecule has 0 bridgehead atoms. The van der Waals surface area contributed by atoms with E-state index < -0.39 is 0 Å². The molecular formula is C16H26N4O. The number of anilines is 2. The lowest BCUT2D eigenvalue weighted by Gasteiger charge is -2.30. The lowest BCUT2D eigenvalue weighted by atomic mass is 10.0. The van der Waals surface area contributed by atoms with E-state index in [0.717, 1.165) is 43.7 Å². The van der Waals surface area contributed by atoms with E-state index in [1.807, 2.05) is 24.3 Å². The van der Waals surface area contributed by atoms with Crippen molar-refractivity contribution in [3.05, 3.63) is 24.3 Å². The maximum absolute atomic E-state index is 11.9. The first-order valence-corrected chi connectivity index (χ1v) is 7.73. The van der Waals surface area contributed by atoms with Gasteiger partial charge in [0, 0.05) is 12.5 Å². The van der Waals surface area contributed by atoms with E-state index in [1.165, 1.54) is 0 Å². The highest BCUT2D eigenvalue weighted by atomic mass is 16.1. The normalized spacial score (nSPS) is 16.7. The SMILES string of the molecule is CN1CCC(Nc2ccccc2NC(=O)CCCN)CC1. The molecule has 2 rings (SSSR count). The second kappa shape index (κ2) is 8.00. The average molecular weight is 290 g/mol. The molecule has 0 saturated carbocycles. The maximum atomic E-state index is 11.9. The van der Waals surface area contributed by atoms with Crippen molar-refractivity contribution in [3.63, 3.8) is 0 Å². The van der Waals surface area contributed by atoms with Crippen LogP contribution in [0.15, 0.2) is 24.3 Å². The molecule has 5 nitrogen and oxygen atoms in total. The molecule has 1 saturated heterocycles. The van der Waals surface area contributed by atoms with E-state index in [4.69, 9.17) is 5.73 Å². The first-order chi connectivity index (χ1) is 10.2. The average Bonchev–Trinajstić information content (AvgIpc) is 2.49. The number of nitrogens with zero attached hydrogens (tertiary/aromatic N) is 1. The number of nitrogens with one attached hydrogen (secondary N) is 2. The van der Waals surface area contributed by atoms with Crippen LogP contribution >= 0.6 is 0 Å². The smallest absolute Gasteiger partial charge is 0.224 e. The maximum Gasteiger partial charge on any atom is 0.224 e. The molecule has 1 aliphatic heterocycles. The van der Waals surface area contributed by atoms with Crippen LogP contribution in [0.4, 0.5) is 11.4 Å². The van der Waals surface area contributed by atoms with E-state index in [9.17, 15) is 4.79 Å². The monoisotopic (exact) mass is 290 g/mol. The second-order valence-electron chi connectivity index (χ2n) is 5.71. The first-order valence-electron chi connectivity index (χ1n) is 7.73. The minimum atomic E-state index is 0.0260. The summed E-state index contributed by atoms with van der Waals surface area (Å²) in [6, 6.07) is 8.38. The highest BCUT2D eigenvalue weighted by Gasteiger charge is 2.17. The van der Waals surface area contributed by atoms with Crippen LogP contribution < -0.4 is 16.4 Å². The topological polar surface area (TPSA) is 70.4 Å². The van der Waals surface area contributed by atoms with Gasteiger partial charge in [0.15, 0.2) is 0 Å². The molecule has 1 aromatic rings. The van der Waals surface area contributed by atoms with Crippen LogP contribution in [0.3, 0.4) is 0 Å². The van der Waals surface area contributed by atoms with Gasteiger partial charge in [-0.1, -0.05) is 12.1 Å². The lowest BCUT2D eigenvalue weighted by Crippen LogP contribution is -2.36. The van der Waals surface area contributed by atoms with Crippen molar-refractivity contribution in [2.24, 2.45) is 5.73 Å². The quantitative estimate of drug-likeness (QED) is 0.748. The van der Waals surface area contributed by atoms with Gasteiger partial charge in [0.1, 0.15) is 0 Å². The van der Waals surface area contributed by atoms with Crippen molar-refractivity contribution >= 4 is 17.3 Å². The predicted octanol–water partition coefficient (Wildman–Crippen LogP) is 1.87. The number of benzene rings is 1. The Labute approximate surface area is 126 Å². The van der Waals surface area contributed by atoms with E-state index in [2.05, 4.69) is 22.6 Å². The van der Waals surface area contributed by atoms with Gasteiger partial charge < -0.3 is 21.3 Å². The van der Waals surface area contributed by atoms with Crippen molar-refractivity contribution in [3.8, 4) is 0 Å². The summed E-state index contributed by atoms with van der Waals surface area (Å²) < 4.78 is 0. The standard InChI is InChI=1S/C16H26N4O/c1-20-11-8-13(9-12-20)18-14-5-2-3-6-15(14)19-16(21)7-4-10-17/h2-3,5-6,13,18H,4,7-12,17H2,1H3,(H,19,21). The van der Waals surface area contributed by atoms with Gasteiger partial charge in [-0.2, -0.15) is 0 Å². The Hall–Kier alpha value is -1.59. The third kappa shape index (κ3) is 5.02. The summed E-state index contributed by atoms with van der Waals surface area (Å²) >= 11 is 0. The molecule has 1 aromatic carbocycles. The van der Waals surface area contributed by atoms with Crippen LogP contribution in [0.1, 0.15) is 25.7 Å². The largest absolute Gasteiger partial charge is 0.381 e. The molecule has 0 spiro atoms. The number of carbonyl (C=O) groups excluding carboxylic acids is 1. The number of para-hydroxylation sites is 2. The van der Waals surface area contributed by atoms with Crippen molar-refractivity contribution in [2.45, 2.75) is 31.7 Å². The fourth-order valence-corrected chi connectivity index (χ4v) is 2.57. The number of amides is 1. The zero-order valence-electron chi connectivity index (χ0n) is 12.8. The van der Waals surface area contributed by atoms with E-state index in [-0.39, 0.29) is 5.91 Å². The Bertz CT molecular complexity index is 455. The highest BCUT2D eigenvalue weighted by Crippen LogP contribution is 2.24. The van der Waals surface area contributed by atoms with Gasteiger partial charge in [-0.3, -0.25) is 4.79 Å². The number of hydrogen-bond acceptors (Lipinski definition) is 4. The highest BCUT2D eigenvalue weighted by molar-refractivity contribution is 5.94. The van der Waals surface area contributed by atoms with Crippen molar-refractivity contribution in [2.75, 3.05) is 37.3 Å². The van der Waals surface area contributed by atoms with Gasteiger partial charge in [-0.25, -0.2) is 0 Å². The van der Waals surface area contributed by atoms with Crippen LogP contribution in [0, 0.1) is 0 Å². The van der Waals surface area contributed by atoms with Crippen molar-refractivity contribution in [1.82, 2.24) is 4.90 Å². The number of hydrogen-bond donors (Lipinski definition) is 3. The van der Waals surface area contributed by atoms with Crippen LogP contribution in [0.25, 0.3) is 0 Å². The fraction of sp³-hybridized carbons (Fsp3) is 0.562. The molecule has 5 heteroatoms. The Morgan fingerprint density at radius 1 is 1.29 bits per heavy atom. The third-order valence-corrected chi connectivity index (χ3v) is 3.89. The molecule has 0 aliphatic carbocycles. The lowest BCUT2D eigenvalue weighted by molar-refractivity contribution is -0.116. The van der Waals surface area contributed by atoms with Gasteiger partial charge in [0.05, 0.1) is 11.4 Å². The van der Waals surface area contributed by atoms with Crippen LogP contribution in [0.2, 0.25) is 0 Å². The van der Waals surface area contributed by atoms with Crippen LogP contribution in [-0.4, -0.2) is 43.5 Å². The second-order valence-corrected chi connectivity index (χ2v) is 5.71. The summed E-state index contributed by atoms with van der Waals surface area (Å²) in [5.41, 5.74) is 7.31. The molecular weight excluding hydrogens is 264 g/mol. The summed E-state index contributed by atoms with van der Waals surface area (Å²) in [4.78, 5) is 14.2. The van der Waals surface area contributed by atoms with Gasteiger partial charge in [-0.05, 0) is 58.1 Å². The number of rotatable bonds is 6. The number of piperidine rings is 1. The zero-order valence-corrected chi connectivity index (χ0v) is 12.8. The number of likely N-dealkylation sites (tertiary alicyclic amines) is 1. The molecule has 1 heterocycles. The number of carbonyl (C=O) groups is 1. The van der Waals surface area contributed by atoms with E-state index in [1.54, 1.807) is 0 Å².